The van der Waals surface area contributed by atoms with Crippen LogP contribution in [0.2, 0.25) is 5.02 Å². The second-order valence-corrected chi connectivity index (χ2v) is 5.43. The van der Waals surface area contributed by atoms with Crippen molar-refractivity contribution < 1.29 is 0 Å². The van der Waals surface area contributed by atoms with Crippen LogP contribution < -0.4 is 4.90 Å². The molecule has 0 atom stereocenters. The van der Waals surface area contributed by atoms with Gasteiger partial charge < -0.3 is 4.90 Å². The molecule has 4 aromatic rings. The maximum atomic E-state index is 6.18. The zero-order chi connectivity index (χ0) is 15.1. The summed E-state index contributed by atoms with van der Waals surface area (Å²) >= 11 is 6.18. The quantitative estimate of drug-likeness (QED) is 0.566. The van der Waals surface area contributed by atoms with Gasteiger partial charge in [-0.1, -0.05) is 29.8 Å². The first-order chi connectivity index (χ1) is 10.7. The Morgan fingerprint density at radius 3 is 2.73 bits per heavy atom. The normalized spacial score (nSPS) is 11.2. The average molecular weight is 310 g/mol. The lowest BCUT2D eigenvalue weighted by atomic mass is 10.2. The molecular formula is C16H12ClN5. The van der Waals surface area contributed by atoms with E-state index in [2.05, 4.69) is 15.2 Å². The predicted molar refractivity (Wildman–Crippen MR) is 87.8 cm³/mol. The number of fused-ring (bicyclic) bond motifs is 3. The van der Waals surface area contributed by atoms with Crippen LogP contribution in [0.3, 0.4) is 0 Å². The molecule has 0 amide bonds. The summed E-state index contributed by atoms with van der Waals surface area (Å²) in [5.74, 6) is 1.36. The van der Waals surface area contributed by atoms with E-state index >= 15 is 0 Å². The van der Waals surface area contributed by atoms with Crippen LogP contribution in [-0.2, 0) is 0 Å². The van der Waals surface area contributed by atoms with Gasteiger partial charge >= 0.3 is 0 Å². The van der Waals surface area contributed by atoms with Gasteiger partial charge in [-0.3, -0.25) is 4.40 Å². The molecule has 0 radical (unpaired) electrons. The standard InChI is InChI=1S/C16H12ClN5/c1-21(12-5-3-2-4-6-12)15-13-9-11(17)7-8-14(13)22-10-18-20-16(22)19-15/h2-10H,1H3. The number of benzene rings is 2. The fraction of sp³-hybridized carbons (Fsp3) is 0.0625. The van der Waals surface area contributed by atoms with E-state index in [1.165, 1.54) is 0 Å². The van der Waals surface area contributed by atoms with Crippen molar-refractivity contribution in [2.24, 2.45) is 0 Å². The van der Waals surface area contributed by atoms with Crippen molar-refractivity contribution in [1.82, 2.24) is 19.6 Å². The van der Waals surface area contributed by atoms with Crippen molar-refractivity contribution >= 4 is 39.8 Å². The Bertz CT molecular complexity index is 964. The molecule has 0 aliphatic rings. The topological polar surface area (TPSA) is 46.3 Å². The minimum absolute atomic E-state index is 0.563. The van der Waals surface area contributed by atoms with Gasteiger partial charge in [0.1, 0.15) is 12.1 Å². The summed E-state index contributed by atoms with van der Waals surface area (Å²) in [6.07, 6.45) is 1.66. The minimum atomic E-state index is 0.563. The molecule has 0 bridgehead atoms. The lowest BCUT2D eigenvalue weighted by Crippen LogP contribution is -2.12. The van der Waals surface area contributed by atoms with Crippen molar-refractivity contribution in [3.8, 4) is 0 Å². The van der Waals surface area contributed by atoms with E-state index in [0.717, 1.165) is 22.4 Å². The van der Waals surface area contributed by atoms with Gasteiger partial charge in [-0.25, -0.2) is 0 Å². The molecule has 6 heteroatoms. The molecule has 0 saturated heterocycles. The van der Waals surface area contributed by atoms with Crippen molar-refractivity contribution in [2.45, 2.75) is 0 Å². The molecule has 0 aliphatic heterocycles. The van der Waals surface area contributed by atoms with Crippen LogP contribution in [0.25, 0.3) is 16.7 Å². The molecule has 5 nitrogen and oxygen atoms in total. The highest BCUT2D eigenvalue weighted by molar-refractivity contribution is 6.31. The lowest BCUT2D eigenvalue weighted by Gasteiger charge is -2.20. The van der Waals surface area contributed by atoms with Crippen molar-refractivity contribution in [1.29, 1.82) is 0 Å². The maximum Gasteiger partial charge on any atom is 0.257 e. The number of hydrogen-bond acceptors (Lipinski definition) is 4. The number of rotatable bonds is 2. The van der Waals surface area contributed by atoms with Gasteiger partial charge in [0.25, 0.3) is 5.78 Å². The number of anilines is 2. The maximum absolute atomic E-state index is 6.18. The van der Waals surface area contributed by atoms with E-state index in [1.807, 2.05) is 64.9 Å². The van der Waals surface area contributed by atoms with Gasteiger partial charge in [-0.2, -0.15) is 4.98 Å². The molecule has 108 valence electrons. The minimum Gasteiger partial charge on any atom is -0.329 e. The Morgan fingerprint density at radius 1 is 1.09 bits per heavy atom. The Morgan fingerprint density at radius 2 is 1.91 bits per heavy atom. The van der Waals surface area contributed by atoms with Gasteiger partial charge in [-0.15, -0.1) is 10.2 Å². The largest absolute Gasteiger partial charge is 0.329 e. The molecule has 0 saturated carbocycles. The number of aromatic nitrogens is 4. The van der Waals surface area contributed by atoms with Gasteiger partial charge in [0.2, 0.25) is 0 Å². The molecule has 0 fully saturated rings. The summed E-state index contributed by atoms with van der Waals surface area (Å²) in [7, 11) is 1.98. The molecule has 0 aliphatic carbocycles. The highest BCUT2D eigenvalue weighted by Gasteiger charge is 2.14. The second kappa shape index (κ2) is 4.96. The number of hydrogen-bond donors (Lipinski definition) is 0. The van der Waals surface area contributed by atoms with Crippen LogP contribution in [-0.4, -0.2) is 26.6 Å². The molecule has 22 heavy (non-hydrogen) atoms. The molecular weight excluding hydrogens is 298 g/mol. The highest BCUT2D eigenvalue weighted by Crippen LogP contribution is 2.31. The summed E-state index contributed by atoms with van der Waals surface area (Å²) in [5.41, 5.74) is 2.01. The molecule has 0 N–H and O–H groups in total. The summed E-state index contributed by atoms with van der Waals surface area (Å²) in [4.78, 5) is 6.66. The summed E-state index contributed by atoms with van der Waals surface area (Å²) in [6.45, 7) is 0. The first-order valence-electron chi connectivity index (χ1n) is 6.82. The van der Waals surface area contributed by atoms with Crippen molar-refractivity contribution in [2.75, 3.05) is 11.9 Å². The van der Waals surface area contributed by atoms with Crippen molar-refractivity contribution in [3.05, 3.63) is 59.9 Å². The highest BCUT2D eigenvalue weighted by atomic mass is 35.5. The van der Waals surface area contributed by atoms with Gasteiger partial charge in [0, 0.05) is 23.1 Å². The number of halogens is 1. The molecule has 2 aromatic carbocycles. The lowest BCUT2D eigenvalue weighted by molar-refractivity contribution is 1.08. The molecule has 2 aromatic heterocycles. The van der Waals surface area contributed by atoms with E-state index in [9.17, 15) is 0 Å². The molecule has 0 spiro atoms. The predicted octanol–water partition coefficient (Wildman–Crippen LogP) is 3.70. The fourth-order valence-electron chi connectivity index (χ4n) is 2.56. The Hall–Kier alpha value is -2.66. The van der Waals surface area contributed by atoms with E-state index < -0.39 is 0 Å². The summed E-state index contributed by atoms with van der Waals surface area (Å²) in [6, 6.07) is 15.8. The molecule has 4 rings (SSSR count). The molecule has 2 heterocycles. The van der Waals surface area contributed by atoms with Crippen molar-refractivity contribution in [3.63, 3.8) is 0 Å². The third kappa shape index (κ3) is 1.98. The summed E-state index contributed by atoms with van der Waals surface area (Å²) < 4.78 is 1.86. The van der Waals surface area contributed by atoms with Crippen LogP contribution >= 0.6 is 11.6 Å². The van der Waals surface area contributed by atoms with E-state index in [1.54, 1.807) is 6.33 Å². The Labute approximate surface area is 131 Å². The summed E-state index contributed by atoms with van der Waals surface area (Å²) in [5, 5.41) is 9.64. The molecule has 0 unspecified atom stereocenters. The van der Waals surface area contributed by atoms with Gasteiger partial charge in [0.05, 0.1) is 5.52 Å². The number of para-hydroxylation sites is 1. The van der Waals surface area contributed by atoms with E-state index in [0.29, 0.717) is 10.8 Å². The van der Waals surface area contributed by atoms with Crippen LogP contribution in [0.5, 0.6) is 0 Å². The van der Waals surface area contributed by atoms with Gasteiger partial charge in [0.15, 0.2) is 0 Å². The van der Waals surface area contributed by atoms with Crippen LogP contribution in [0, 0.1) is 0 Å². The fourth-order valence-corrected chi connectivity index (χ4v) is 2.73. The first-order valence-corrected chi connectivity index (χ1v) is 7.19. The van der Waals surface area contributed by atoms with Gasteiger partial charge in [-0.05, 0) is 30.3 Å². The Balaban J connectivity index is 2.04. The third-order valence-corrected chi connectivity index (χ3v) is 3.89. The van der Waals surface area contributed by atoms with Crippen LogP contribution in [0.1, 0.15) is 0 Å². The number of nitrogens with zero attached hydrogens (tertiary/aromatic N) is 5. The van der Waals surface area contributed by atoms with Crippen LogP contribution in [0.15, 0.2) is 54.9 Å². The second-order valence-electron chi connectivity index (χ2n) is 4.99. The van der Waals surface area contributed by atoms with E-state index in [4.69, 9.17) is 11.6 Å². The first kappa shape index (κ1) is 13.0. The average Bonchev–Trinajstić information content (AvgIpc) is 3.02. The zero-order valence-corrected chi connectivity index (χ0v) is 12.6. The smallest absolute Gasteiger partial charge is 0.257 e. The monoisotopic (exact) mass is 309 g/mol. The van der Waals surface area contributed by atoms with E-state index in [-0.39, 0.29) is 0 Å². The SMILES string of the molecule is CN(c1ccccc1)c1nc2nncn2c2ccc(Cl)cc12. The Kier molecular flexibility index (Phi) is 2.94. The third-order valence-electron chi connectivity index (χ3n) is 3.66. The van der Waals surface area contributed by atoms with Crippen LogP contribution in [0.4, 0.5) is 11.5 Å². The zero-order valence-electron chi connectivity index (χ0n) is 11.8.